The molecule has 3 atom stereocenters. The Morgan fingerprint density at radius 3 is 2.48 bits per heavy atom. The summed E-state index contributed by atoms with van der Waals surface area (Å²) in [7, 11) is 0. The van der Waals surface area contributed by atoms with E-state index in [1.165, 1.54) is 16.8 Å². The molecule has 0 aliphatic carbocycles. The first-order chi connectivity index (χ1) is 13.7. The van der Waals surface area contributed by atoms with Gasteiger partial charge < -0.3 is 14.2 Å². The predicted octanol–water partition coefficient (Wildman–Crippen LogP) is 2.63. The van der Waals surface area contributed by atoms with Gasteiger partial charge in [-0.3, -0.25) is 14.3 Å². The standard InChI is InChI=1S/C18H22F3N5O3/c1-10-8-28-9-11(2)25(10)15-12(3)16(27)24-7-5-13(18(19,20)21)26(17(24)23-15)14-4-6-22-29-14/h4,6,10-11,13H,5,7-9H2,1-3H3/t10-,11-,13+/m1/s1. The number of alkyl halides is 3. The Hall–Kier alpha value is -2.56. The highest BCUT2D eigenvalue weighted by molar-refractivity contribution is 5.59. The number of aromatic nitrogens is 3. The first-order valence-corrected chi connectivity index (χ1v) is 9.44. The number of morpholine rings is 1. The summed E-state index contributed by atoms with van der Waals surface area (Å²) in [6.45, 7) is 6.33. The smallest absolute Gasteiger partial charge is 0.377 e. The first kappa shape index (κ1) is 19.7. The number of halogens is 3. The van der Waals surface area contributed by atoms with E-state index in [-0.39, 0.29) is 42.4 Å². The molecule has 4 heterocycles. The van der Waals surface area contributed by atoms with Crippen LogP contribution in [0.5, 0.6) is 0 Å². The molecule has 0 amide bonds. The van der Waals surface area contributed by atoms with Crippen LogP contribution in [-0.4, -0.2) is 52.2 Å². The van der Waals surface area contributed by atoms with Crippen LogP contribution in [0, 0.1) is 6.92 Å². The van der Waals surface area contributed by atoms with E-state index in [1.54, 1.807) is 6.92 Å². The zero-order valence-corrected chi connectivity index (χ0v) is 16.3. The molecule has 158 valence electrons. The van der Waals surface area contributed by atoms with Crippen molar-refractivity contribution in [1.82, 2.24) is 14.7 Å². The van der Waals surface area contributed by atoms with Crippen molar-refractivity contribution in [2.75, 3.05) is 23.0 Å². The molecule has 1 fully saturated rings. The van der Waals surface area contributed by atoms with Crippen LogP contribution in [-0.2, 0) is 11.3 Å². The number of ether oxygens (including phenoxy) is 1. The van der Waals surface area contributed by atoms with Crippen molar-refractivity contribution in [3.63, 3.8) is 0 Å². The molecular formula is C18H22F3N5O3. The Morgan fingerprint density at radius 2 is 1.90 bits per heavy atom. The second-order valence-corrected chi connectivity index (χ2v) is 7.53. The van der Waals surface area contributed by atoms with Crippen molar-refractivity contribution in [2.45, 2.75) is 58.0 Å². The van der Waals surface area contributed by atoms with Gasteiger partial charge in [-0.2, -0.15) is 18.2 Å². The lowest BCUT2D eigenvalue weighted by Gasteiger charge is -2.42. The minimum absolute atomic E-state index is 0.0758. The van der Waals surface area contributed by atoms with Gasteiger partial charge in [0.15, 0.2) is 0 Å². The predicted molar refractivity (Wildman–Crippen MR) is 98.6 cm³/mol. The molecule has 4 rings (SSSR count). The summed E-state index contributed by atoms with van der Waals surface area (Å²) in [5.41, 5.74) is 0.0401. The Balaban J connectivity index is 1.91. The molecule has 0 bridgehead atoms. The van der Waals surface area contributed by atoms with Crippen LogP contribution in [0.25, 0.3) is 0 Å². The van der Waals surface area contributed by atoms with Crippen molar-refractivity contribution in [2.24, 2.45) is 0 Å². The summed E-state index contributed by atoms with van der Waals surface area (Å²) in [4.78, 5) is 20.5. The van der Waals surface area contributed by atoms with E-state index in [0.717, 1.165) is 4.90 Å². The minimum atomic E-state index is -4.53. The monoisotopic (exact) mass is 413 g/mol. The fourth-order valence-electron chi connectivity index (χ4n) is 4.10. The molecular weight excluding hydrogens is 391 g/mol. The Morgan fingerprint density at radius 1 is 1.21 bits per heavy atom. The van der Waals surface area contributed by atoms with Gasteiger partial charge in [0, 0.05) is 12.6 Å². The summed E-state index contributed by atoms with van der Waals surface area (Å²) in [6, 6.07) is -0.682. The van der Waals surface area contributed by atoms with Crippen molar-refractivity contribution in [3.05, 3.63) is 28.2 Å². The van der Waals surface area contributed by atoms with E-state index in [0.29, 0.717) is 24.6 Å². The van der Waals surface area contributed by atoms with Crippen molar-refractivity contribution < 1.29 is 22.4 Å². The molecule has 8 nitrogen and oxygen atoms in total. The zero-order chi connectivity index (χ0) is 20.9. The van der Waals surface area contributed by atoms with Crippen LogP contribution in [0.4, 0.5) is 30.8 Å². The summed E-state index contributed by atoms with van der Waals surface area (Å²) >= 11 is 0. The highest BCUT2D eigenvalue weighted by Crippen LogP contribution is 2.39. The van der Waals surface area contributed by atoms with Gasteiger partial charge in [0.2, 0.25) is 11.8 Å². The first-order valence-electron chi connectivity index (χ1n) is 9.44. The van der Waals surface area contributed by atoms with Crippen LogP contribution < -0.4 is 15.4 Å². The van der Waals surface area contributed by atoms with Crippen LogP contribution in [0.15, 0.2) is 21.6 Å². The van der Waals surface area contributed by atoms with Crippen LogP contribution in [0.1, 0.15) is 25.8 Å². The van der Waals surface area contributed by atoms with Gasteiger partial charge in [0.25, 0.3) is 5.56 Å². The average molecular weight is 413 g/mol. The molecule has 0 radical (unpaired) electrons. The van der Waals surface area contributed by atoms with Gasteiger partial charge in [-0.25, -0.2) is 0 Å². The second kappa shape index (κ2) is 7.05. The number of anilines is 3. The van der Waals surface area contributed by atoms with Crippen molar-refractivity contribution in [3.8, 4) is 0 Å². The lowest BCUT2D eigenvalue weighted by atomic mass is 10.1. The van der Waals surface area contributed by atoms with E-state index >= 15 is 0 Å². The molecule has 11 heteroatoms. The fraction of sp³-hybridized carbons (Fsp3) is 0.611. The van der Waals surface area contributed by atoms with Gasteiger partial charge in [-0.05, 0) is 27.2 Å². The summed E-state index contributed by atoms with van der Waals surface area (Å²) in [5, 5.41) is 3.54. The third kappa shape index (κ3) is 3.26. The van der Waals surface area contributed by atoms with Crippen molar-refractivity contribution >= 4 is 17.7 Å². The molecule has 29 heavy (non-hydrogen) atoms. The maximum atomic E-state index is 13.8. The Labute approximate surface area is 164 Å². The summed E-state index contributed by atoms with van der Waals surface area (Å²) in [5.74, 6) is 0.175. The van der Waals surface area contributed by atoms with Gasteiger partial charge in [-0.15, -0.1) is 0 Å². The Bertz CT molecular complexity index is 933. The lowest BCUT2D eigenvalue weighted by molar-refractivity contribution is -0.151. The highest BCUT2D eigenvalue weighted by Gasteiger charge is 2.49. The molecule has 0 spiro atoms. The number of rotatable bonds is 2. The molecule has 0 unspecified atom stereocenters. The van der Waals surface area contributed by atoms with E-state index in [9.17, 15) is 18.0 Å². The maximum absolute atomic E-state index is 13.8. The van der Waals surface area contributed by atoms with E-state index in [2.05, 4.69) is 10.1 Å². The van der Waals surface area contributed by atoms with Crippen LogP contribution >= 0.6 is 0 Å². The minimum Gasteiger partial charge on any atom is -0.377 e. The quantitative estimate of drug-likeness (QED) is 0.749. The largest absolute Gasteiger partial charge is 0.409 e. The van der Waals surface area contributed by atoms with Gasteiger partial charge in [0.1, 0.15) is 11.9 Å². The van der Waals surface area contributed by atoms with E-state index in [4.69, 9.17) is 9.26 Å². The second-order valence-electron chi connectivity index (χ2n) is 7.53. The number of hydrogen-bond donors (Lipinski definition) is 0. The third-order valence-electron chi connectivity index (χ3n) is 5.45. The van der Waals surface area contributed by atoms with Crippen molar-refractivity contribution in [1.29, 1.82) is 0 Å². The Kier molecular flexibility index (Phi) is 4.80. The molecule has 0 aromatic carbocycles. The fourth-order valence-corrected chi connectivity index (χ4v) is 4.10. The molecule has 0 N–H and O–H groups in total. The van der Waals surface area contributed by atoms with E-state index in [1.807, 2.05) is 18.7 Å². The van der Waals surface area contributed by atoms with Gasteiger partial charge >= 0.3 is 6.18 Å². The molecule has 0 saturated carbocycles. The zero-order valence-electron chi connectivity index (χ0n) is 16.3. The molecule has 2 aromatic rings. The average Bonchev–Trinajstić information content (AvgIpc) is 3.18. The maximum Gasteiger partial charge on any atom is 0.409 e. The molecule has 2 aliphatic rings. The normalized spacial score (nSPS) is 25.2. The molecule has 2 aromatic heterocycles. The summed E-state index contributed by atoms with van der Waals surface area (Å²) in [6.07, 6.45) is -3.55. The highest BCUT2D eigenvalue weighted by atomic mass is 19.4. The third-order valence-corrected chi connectivity index (χ3v) is 5.45. The van der Waals surface area contributed by atoms with Crippen LogP contribution in [0.3, 0.4) is 0 Å². The SMILES string of the molecule is Cc1c(N2[C@H](C)COC[C@H]2C)nc2n(c1=O)CC[C@@H](C(F)(F)F)N2c1ccno1. The number of hydrogen-bond acceptors (Lipinski definition) is 7. The summed E-state index contributed by atoms with van der Waals surface area (Å²) < 4.78 is 53.2. The lowest BCUT2D eigenvalue weighted by Crippen LogP contribution is -2.53. The number of nitrogens with zero attached hydrogens (tertiary/aromatic N) is 5. The van der Waals surface area contributed by atoms with Gasteiger partial charge in [-0.1, -0.05) is 5.16 Å². The number of fused-ring (bicyclic) bond motifs is 1. The topological polar surface area (TPSA) is 76.6 Å². The van der Waals surface area contributed by atoms with Crippen LogP contribution in [0.2, 0.25) is 0 Å². The molecule has 1 saturated heterocycles. The van der Waals surface area contributed by atoms with Gasteiger partial charge in [0.05, 0.1) is 37.1 Å². The molecule has 2 aliphatic heterocycles. The van der Waals surface area contributed by atoms with E-state index < -0.39 is 12.2 Å².